The summed E-state index contributed by atoms with van der Waals surface area (Å²) >= 11 is 0. The quantitative estimate of drug-likeness (QED) is 0.925. The van der Waals surface area contributed by atoms with Crippen LogP contribution in [0.1, 0.15) is 37.7 Å². The van der Waals surface area contributed by atoms with Gasteiger partial charge in [-0.3, -0.25) is 4.31 Å². The molecule has 0 amide bonds. The van der Waals surface area contributed by atoms with Crippen LogP contribution in [0.25, 0.3) is 0 Å². The van der Waals surface area contributed by atoms with E-state index >= 15 is 0 Å². The second kappa shape index (κ2) is 6.08. The molecule has 1 N–H and O–H groups in total. The summed E-state index contributed by atoms with van der Waals surface area (Å²) in [6.45, 7) is 1.93. The van der Waals surface area contributed by atoms with Crippen molar-refractivity contribution < 1.29 is 18.3 Å². The van der Waals surface area contributed by atoms with E-state index in [2.05, 4.69) is 0 Å². The van der Waals surface area contributed by atoms with Crippen LogP contribution in [0, 0.1) is 6.92 Å². The Hall–Kier alpha value is -1.27. The molecule has 1 heterocycles. The molecule has 0 spiro atoms. The fourth-order valence-corrected chi connectivity index (χ4v) is 5.38. The molecule has 122 valence electrons. The van der Waals surface area contributed by atoms with Gasteiger partial charge in [0.05, 0.1) is 24.1 Å². The summed E-state index contributed by atoms with van der Waals surface area (Å²) in [5, 5.41) is 9.11. The monoisotopic (exact) mass is 325 g/mol. The average Bonchev–Trinajstić information content (AvgIpc) is 2.54. The Bertz CT molecular complexity index is 638. The van der Waals surface area contributed by atoms with Gasteiger partial charge in [0.25, 0.3) is 0 Å². The molecule has 0 saturated heterocycles. The van der Waals surface area contributed by atoms with Gasteiger partial charge in [0.1, 0.15) is 11.9 Å². The predicted molar refractivity (Wildman–Crippen MR) is 85.8 cm³/mol. The molecule has 1 aromatic carbocycles. The lowest BCUT2D eigenvalue weighted by Gasteiger charge is -2.37. The van der Waals surface area contributed by atoms with E-state index in [4.69, 9.17) is 4.74 Å². The van der Waals surface area contributed by atoms with Crippen molar-refractivity contribution in [1.29, 1.82) is 0 Å². The van der Waals surface area contributed by atoms with E-state index in [0.29, 0.717) is 11.4 Å². The third-order valence-corrected chi connectivity index (χ3v) is 6.80. The lowest BCUT2D eigenvalue weighted by Crippen LogP contribution is -2.48. The Balaban J connectivity index is 1.99. The Labute approximate surface area is 131 Å². The smallest absolute Gasteiger partial charge is 0.238 e. The minimum Gasteiger partial charge on any atom is -0.484 e. The number of benzene rings is 1. The molecule has 5 nitrogen and oxygen atoms in total. The molecule has 1 aliphatic heterocycles. The zero-order valence-corrected chi connectivity index (χ0v) is 13.7. The van der Waals surface area contributed by atoms with Gasteiger partial charge in [-0.25, -0.2) is 8.42 Å². The number of rotatable bonds is 3. The van der Waals surface area contributed by atoms with Gasteiger partial charge in [0.2, 0.25) is 10.0 Å². The summed E-state index contributed by atoms with van der Waals surface area (Å²) in [7, 11) is -3.42. The number of hydrogen-bond acceptors (Lipinski definition) is 4. The molecular weight excluding hydrogens is 302 g/mol. The van der Waals surface area contributed by atoms with Crippen molar-refractivity contribution in [1.82, 2.24) is 0 Å². The van der Waals surface area contributed by atoms with E-state index in [1.54, 1.807) is 6.07 Å². The Kier molecular flexibility index (Phi) is 4.32. The lowest BCUT2D eigenvalue weighted by molar-refractivity contribution is 0.116. The van der Waals surface area contributed by atoms with Crippen molar-refractivity contribution in [2.24, 2.45) is 0 Å². The molecule has 1 saturated carbocycles. The number of aryl methyl sites for hydroxylation is 1. The van der Waals surface area contributed by atoms with E-state index in [0.717, 1.165) is 37.7 Å². The van der Waals surface area contributed by atoms with Gasteiger partial charge in [-0.05, 0) is 37.5 Å². The van der Waals surface area contributed by atoms with Crippen LogP contribution in [-0.2, 0) is 10.0 Å². The van der Waals surface area contributed by atoms with Crippen LogP contribution < -0.4 is 9.04 Å². The second-order valence-corrected chi connectivity index (χ2v) is 8.37. The molecule has 1 aliphatic carbocycles. The van der Waals surface area contributed by atoms with Crippen LogP contribution in [0.5, 0.6) is 5.75 Å². The highest BCUT2D eigenvalue weighted by molar-refractivity contribution is 7.93. The van der Waals surface area contributed by atoms with Crippen molar-refractivity contribution in [3.05, 3.63) is 23.8 Å². The number of aliphatic hydroxyl groups is 1. The van der Waals surface area contributed by atoms with Gasteiger partial charge in [-0.15, -0.1) is 0 Å². The third kappa shape index (κ3) is 2.82. The highest BCUT2D eigenvalue weighted by atomic mass is 32.2. The first-order chi connectivity index (χ1) is 10.5. The number of fused-ring (bicyclic) bond motifs is 1. The molecule has 1 aromatic rings. The fourth-order valence-electron chi connectivity index (χ4n) is 3.30. The van der Waals surface area contributed by atoms with Crippen LogP contribution in [0.4, 0.5) is 5.69 Å². The molecule has 0 bridgehead atoms. The summed E-state index contributed by atoms with van der Waals surface area (Å²) in [4.78, 5) is 0. The molecule has 6 heteroatoms. The zero-order valence-electron chi connectivity index (χ0n) is 12.9. The van der Waals surface area contributed by atoms with E-state index in [-0.39, 0.29) is 18.4 Å². The molecule has 22 heavy (non-hydrogen) atoms. The highest BCUT2D eigenvalue weighted by Gasteiger charge is 2.38. The summed E-state index contributed by atoms with van der Waals surface area (Å²) in [5.74, 6) is 0.537. The summed E-state index contributed by atoms with van der Waals surface area (Å²) < 4.78 is 33.3. The van der Waals surface area contributed by atoms with Crippen LogP contribution in [0.3, 0.4) is 0 Å². The average molecular weight is 325 g/mol. The normalized spacial score (nSPS) is 23.0. The topological polar surface area (TPSA) is 66.8 Å². The number of hydrogen-bond donors (Lipinski definition) is 1. The van der Waals surface area contributed by atoms with E-state index in [1.165, 1.54) is 4.31 Å². The van der Waals surface area contributed by atoms with Crippen LogP contribution in [0.15, 0.2) is 18.2 Å². The minimum atomic E-state index is -3.42. The van der Waals surface area contributed by atoms with Crippen LogP contribution in [0.2, 0.25) is 0 Å². The molecule has 3 rings (SSSR count). The number of aliphatic hydroxyl groups excluding tert-OH is 1. The maximum absolute atomic E-state index is 13.1. The maximum atomic E-state index is 13.1. The summed E-state index contributed by atoms with van der Waals surface area (Å²) in [6.07, 6.45) is 4.00. The first-order valence-electron chi connectivity index (χ1n) is 7.92. The van der Waals surface area contributed by atoms with E-state index < -0.39 is 16.1 Å². The predicted octanol–water partition coefficient (Wildman–Crippen LogP) is 2.22. The van der Waals surface area contributed by atoms with E-state index in [1.807, 2.05) is 19.1 Å². The van der Waals surface area contributed by atoms with Crippen molar-refractivity contribution in [3.8, 4) is 5.75 Å². The Morgan fingerprint density at radius 2 is 2.00 bits per heavy atom. The second-order valence-electron chi connectivity index (χ2n) is 6.23. The standard InChI is InChI=1S/C16H23NO4S/c1-12-7-8-16-15(9-12)17(10-13(11-18)21-16)22(19,20)14-5-3-2-4-6-14/h7-9,13-14,18H,2-6,10-11H2,1H3. The van der Waals surface area contributed by atoms with Gasteiger partial charge in [-0.1, -0.05) is 25.3 Å². The Morgan fingerprint density at radius 1 is 1.27 bits per heavy atom. The Morgan fingerprint density at radius 3 is 2.68 bits per heavy atom. The minimum absolute atomic E-state index is 0.186. The summed E-state index contributed by atoms with van der Waals surface area (Å²) in [5.41, 5.74) is 1.60. The number of anilines is 1. The van der Waals surface area contributed by atoms with Crippen LogP contribution in [-0.4, -0.2) is 38.0 Å². The fraction of sp³-hybridized carbons (Fsp3) is 0.625. The first-order valence-corrected chi connectivity index (χ1v) is 9.42. The molecule has 1 unspecified atom stereocenters. The zero-order chi connectivity index (χ0) is 15.7. The van der Waals surface area contributed by atoms with Gasteiger partial charge < -0.3 is 9.84 Å². The first kappa shape index (κ1) is 15.6. The lowest BCUT2D eigenvalue weighted by atomic mass is 10.0. The van der Waals surface area contributed by atoms with Crippen molar-refractivity contribution >= 4 is 15.7 Å². The number of ether oxygens (including phenoxy) is 1. The van der Waals surface area contributed by atoms with Crippen molar-refractivity contribution in [2.45, 2.75) is 50.4 Å². The largest absolute Gasteiger partial charge is 0.484 e. The highest BCUT2D eigenvalue weighted by Crippen LogP contribution is 2.38. The van der Waals surface area contributed by atoms with Crippen molar-refractivity contribution in [3.63, 3.8) is 0 Å². The molecule has 1 atom stereocenters. The third-order valence-electron chi connectivity index (χ3n) is 4.53. The van der Waals surface area contributed by atoms with Gasteiger partial charge in [0.15, 0.2) is 0 Å². The molecular formula is C16H23NO4S. The maximum Gasteiger partial charge on any atom is 0.238 e. The number of nitrogens with zero attached hydrogens (tertiary/aromatic N) is 1. The van der Waals surface area contributed by atoms with E-state index in [9.17, 15) is 13.5 Å². The molecule has 1 fully saturated rings. The summed E-state index contributed by atoms with van der Waals surface area (Å²) in [6, 6.07) is 5.53. The molecule has 0 radical (unpaired) electrons. The van der Waals surface area contributed by atoms with Gasteiger partial charge >= 0.3 is 0 Å². The SMILES string of the molecule is Cc1ccc2c(c1)N(S(=O)(=O)C1CCCCC1)CC(CO)O2. The number of sulfonamides is 1. The molecule has 0 aromatic heterocycles. The van der Waals surface area contributed by atoms with Crippen LogP contribution >= 0.6 is 0 Å². The molecule has 2 aliphatic rings. The van der Waals surface area contributed by atoms with Gasteiger partial charge in [-0.2, -0.15) is 0 Å². The van der Waals surface area contributed by atoms with Crippen molar-refractivity contribution in [2.75, 3.05) is 17.5 Å². The van der Waals surface area contributed by atoms with Gasteiger partial charge in [0, 0.05) is 0 Å².